The lowest BCUT2D eigenvalue weighted by atomic mass is 10.1. The third-order valence-corrected chi connectivity index (χ3v) is 1.89. The third kappa shape index (κ3) is 2.57. The Hall–Kier alpha value is -0.420. The summed E-state index contributed by atoms with van der Waals surface area (Å²) < 4.78 is 10.6. The fraction of sp³-hybridized carbons (Fsp3) is 0.714. The standard InChI is InChI=1S/C7H11BrN2O2/c1-7(2,11-3)4-5-9-6(8)10-12-5/h4H2,1-3H3. The number of hydrogen-bond acceptors (Lipinski definition) is 4. The van der Waals surface area contributed by atoms with Crippen LogP contribution in [-0.2, 0) is 11.2 Å². The Kier molecular flexibility index (Phi) is 2.85. The first-order chi connectivity index (χ1) is 5.53. The third-order valence-electron chi connectivity index (χ3n) is 1.57. The van der Waals surface area contributed by atoms with E-state index in [2.05, 4.69) is 26.1 Å². The fourth-order valence-corrected chi connectivity index (χ4v) is 1.01. The van der Waals surface area contributed by atoms with Crippen LogP contribution in [0.4, 0.5) is 0 Å². The predicted molar refractivity (Wildman–Crippen MR) is 46.8 cm³/mol. The van der Waals surface area contributed by atoms with Crippen LogP contribution in [0.15, 0.2) is 9.26 Å². The average molecular weight is 235 g/mol. The number of halogens is 1. The number of aromatic nitrogens is 2. The maximum absolute atomic E-state index is 5.21. The Morgan fingerprint density at radius 3 is 2.67 bits per heavy atom. The Bertz CT molecular complexity index is 260. The van der Waals surface area contributed by atoms with E-state index in [1.807, 2.05) is 13.8 Å². The summed E-state index contributed by atoms with van der Waals surface area (Å²) in [6, 6.07) is 0. The Morgan fingerprint density at radius 1 is 1.58 bits per heavy atom. The number of rotatable bonds is 3. The highest BCUT2D eigenvalue weighted by molar-refractivity contribution is 9.10. The molecule has 0 fully saturated rings. The first-order valence-corrected chi connectivity index (χ1v) is 4.36. The van der Waals surface area contributed by atoms with Gasteiger partial charge in [-0.05, 0) is 34.9 Å². The molecule has 0 bridgehead atoms. The number of ether oxygens (including phenoxy) is 1. The van der Waals surface area contributed by atoms with Crippen LogP contribution in [0.5, 0.6) is 0 Å². The zero-order valence-corrected chi connectivity index (χ0v) is 8.88. The monoisotopic (exact) mass is 234 g/mol. The summed E-state index contributed by atoms with van der Waals surface area (Å²) in [6.07, 6.45) is 0.613. The van der Waals surface area contributed by atoms with E-state index in [1.165, 1.54) is 0 Å². The van der Waals surface area contributed by atoms with Crippen LogP contribution < -0.4 is 0 Å². The first kappa shape index (κ1) is 9.67. The molecule has 68 valence electrons. The quantitative estimate of drug-likeness (QED) is 0.801. The maximum atomic E-state index is 5.21. The molecule has 0 saturated carbocycles. The molecule has 0 aliphatic rings. The largest absolute Gasteiger partial charge is 0.378 e. The van der Waals surface area contributed by atoms with Crippen molar-refractivity contribution in [3.63, 3.8) is 0 Å². The topological polar surface area (TPSA) is 48.2 Å². The lowest BCUT2D eigenvalue weighted by Crippen LogP contribution is -2.25. The molecule has 0 radical (unpaired) electrons. The van der Waals surface area contributed by atoms with Crippen molar-refractivity contribution >= 4 is 15.9 Å². The van der Waals surface area contributed by atoms with Crippen molar-refractivity contribution in [1.82, 2.24) is 10.1 Å². The smallest absolute Gasteiger partial charge is 0.238 e. The lowest BCUT2D eigenvalue weighted by molar-refractivity contribution is 0.0170. The number of nitrogens with zero attached hydrogens (tertiary/aromatic N) is 2. The summed E-state index contributed by atoms with van der Waals surface area (Å²) in [5.41, 5.74) is -0.258. The molecule has 0 aromatic carbocycles. The van der Waals surface area contributed by atoms with E-state index in [0.717, 1.165) is 0 Å². The molecule has 1 aromatic rings. The van der Waals surface area contributed by atoms with Gasteiger partial charge in [-0.25, -0.2) is 0 Å². The van der Waals surface area contributed by atoms with Crippen LogP contribution in [0.3, 0.4) is 0 Å². The average Bonchev–Trinajstić information content (AvgIpc) is 2.35. The van der Waals surface area contributed by atoms with E-state index < -0.39 is 0 Å². The van der Waals surface area contributed by atoms with Crippen molar-refractivity contribution in [2.75, 3.05) is 7.11 Å². The highest BCUT2D eigenvalue weighted by Crippen LogP contribution is 2.15. The zero-order chi connectivity index (χ0) is 9.19. The van der Waals surface area contributed by atoms with Crippen LogP contribution in [0.1, 0.15) is 19.7 Å². The molecular weight excluding hydrogens is 224 g/mol. The van der Waals surface area contributed by atoms with Crippen LogP contribution in [0.25, 0.3) is 0 Å². The summed E-state index contributed by atoms with van der Waals surface area (Å²) in [7, 11) is 1.66. The lowest BCUT2D eigenvalue weighted by Gasteiger charge is -2.19. The molecule has 0 unspecified atom stereocenters. The van der Waals surface area contributed by atoms with Gasteiger partial charge >= 0.3 is 0 Å². The maximum Gasteiger partial charge on any atom is 0.238 e. The Balaban J connectivity index is 2.63. The molecule has 0 aliphatic carbocycles. The van der Waals surface area contributed by atoms with Crippen molar-refractivity contribution in [2.24, 2.45) is 0 Å². The molecule has 0 N–H and O–H groups in total. The van der Waals surface area contributed by atoms with Gasteiger partial charge in [0.05, 0.1) is 12.0 Å². The second-order valence-electron chi connectivity index (χ2n) is 3.10. The molecule has 0 atom stereocenters. The normalized spacial score (nSPS) is 12.0. The minimum atomic E-state index is -0.258. The van der Waals surface area contributed by atoms with Crippen molar-refractivity contribution < 1.29 is 9.26 Å². The van der Waals surface area contributed by atoms with Crippen LogP contribution in [-0.4, -0.2) is 22.9 Å². The van der Waals surface area contributed by atoms with Gasteiger partial charge in [-0.1, -0.05) is 0 Å². The Morgan fingerprint density at radius 2 is 2.25 bits per heavy atom. The van der Waals surface area contributed by atoms with Crippen molar-refractivity contribution in [3.8, 4) is 0 Å². The molecule has 0 aliphatic heterocycles. The van der Waals surface area contributed by atoms with E-state index in [0.29, 0.717) is 17.0 Å². The van der Waals surface area contributed by atoms with Gasteiger partial charge in [-0.2, -0.15) is 4.98 Å². The summed E-state index contributed by atoms with van der Waals surface area (Å²) in [5, 5.41) is 3.61. The van der Waals surface area contributed by atoms with Crippen molar-refractivity contribution in [1.29, 1.82) is 0 Å². The minimum absolute atomic E-state index is 0.258. The molecule has 1 heterocycles. The van der Waals surface area contributed by atoms with Gasteiger partial charge in [0.2, 0.25) is 10.6 Å². The van der Waals surface area contributed by atoms with Gasteiger partial charge < -0.3 is 9.26 Å². The zero-order valence-electron chi connectivity index (χ0n) is 7.30. The summed E-state index contributed by atoms with van der Waals surface area (Å²) in [6.45, 7) is 3.93. The molecule has 12 heavy (non-hydrogen) atoms. The van der Waals surface area contributed by atoms with Gasteiger partial charge in [0, 0.05) is 7.11 Å². The molecule has 0 saturated heterocycles. The van der Waals surface area contributed by atoms with Crippen molar-refractivity contribution in [3.05, 3.63) is 10.6 Å². The molecule has 4 nitrogen and oxygen atoms in total. The molecule has 1 aromatic heterocycles. The summed E-state index contributed by atoms with van der Waals surface area (Å²) >= 11 is 3.10. The van der Waals surface area contributed by atoms with E-state index in [4.69, 9.17) is 9.26 Å². The van der Waals surface area contributed by atoms with Gasteiger partial charge in [-0.3, -0.25) is 0 Å². The van der Waals surface area contributed by atoms with Crippen LogP contribution in [0.2, 0.25) is 0 Å². The second kappa shape index (κ2) is 3.53. The molecule has 0 amide bonds. The van der Waals surface area contributed by atoms with Crippen molar-refractivity contribution in [2.45, 2.75) is 25.9 Å². The molecule has 0 spiro atoms. The summed E-state index contributed by atoms with van der Waals surface area (Å²) in [5.74, 6) is 0.578. The van der Waals surface area contributed by atoms with E-state index in [1.54, 1.807) is 7.11 Å². The van der Waals surface area contributed by atoms with Crippen LogP contribution in [0, 0.1) is 0 Å². The molecule has 1 rings (SSSR count). The predicted octanol–water partition coefficient (Wildman–Crippen LogP) is 1.80. The highest BCUT2D eigenvalue weighted by atomic mass is 79.9. The number of hydrogen-bond donors (Lipinski definition) is 0. The second-order valence-corrected chi connectivity index (χ2v) is 3.81. The SMILES string of the molecule is COC(C)(C)Cc1nc(Br)no1. The number of methoxy groups -OCH3 is 1. The Labute approximate surface area is 79.4 Å². The van der Waals surface area contributed by atoms with Gasteiger partial charge in [0.15, 0.2) is 0 Å². The molecular formula is C7H11BrN2O2. The van der Waals surface area contributed by atoms with Gasteiger partial charge in [0.25, 0.3) is 0 Å². The van der Waals surface area contributed by atoms with Gasteiger partial charge in [-0.15, -0.1) is 0 Å². The van der Waals surface area contributed by atoms with E-state index in [9.17, 15) is 0 Å². The summed E-state index contributed by atoms with van der Waals surface area (Å²) in [4.78, 5) is 4.00. The highest BCUT2D eigenvalue weighted by Gasteiger charge is 2.20. The van der Waals surface area contributed by atoms with Crippen LogP contribution >= 0.6 is 15.9 Å². The van der Waals surface area contributed by atoms with E-state index >= 15 is 0 Å². The first-order valence-electron chi connectivity index (χ1n) is 3.57. The van der Waals surface area contributed by atoms with E-state index in [-0.39, 0.29) is 5.60 Å². The van der Waals surface area contributed by atoms with Gasteiger partial charge in [0.1, 0.15) is 0 Å². The molecule has 5 heteroatoms. The fourth-order valence-electron chi connectivity index (χ4n) is 0.742. The minimum Gasteiger partial charge on any atom is -0.378 e.